The summed E-state index contributed by atoms with van der Waals surface area (Å²) in [5.74, 6) is -0.117. The van der Waals surface area contributed by atoms with Gasteiger partial charge in [0.25, 0.3) is 5.91 Å². The van der Waals surface area contributed by atoms with Crippen molar-refractivity contribution in [1.29, 1.82) is 0 Å². The second kappa shape index (κ2) is 3.71. The SMILES string of the molecule is C=C(N)NC(=O)c1ccncc1C. The molecule has 4 nitrogen and oxygen atoms in total. The fourth-order valence-corrected chi connectivity index (χ4v) is 0.941. The predicted molar refractivity (Wildman–Crippen MR) is 49.8 cm³/mol. The van der Waals surface area contributed by atoms with Crippen LogP contribution in [0, 0.1) is 6.92 Å². The molecule has 0 unspecified atom stereocenters. The quantitative estimate of drug-likeness (QED) is 0.693. The van der Waals surface area contributed by atoms with Gasteiger partial charge in [-0.25, -0.2) is 0 Å². The summed E-state index contributed by atoms with van der Waals surface area (Å²) in [5.41, 5.74) is 6.60. The molecule has 1 aromatic heterocycles. The fourth-order valence-electron chi connectivity index (χ4n) is 0.941. The van der Waals surface area contributed by atoms with Gasteiger partial charge in [-0.05, 0) is 18.6 Å². The van der Waals surface area contributed by atoms with Gasteiger partial charge >= 0.3 is 0 Å². The average molecular weight is 177 g/mol. The molecule has 1 heterocycles. The summed E-state index contributed by atoms with van der Waals surface area (Å²) in [6.07, 6.45) is 3.18. The maximum absolute atomic E-state index is 11.4. The molecule has 0 radical (unpaired) electrons. The monoisotopic (exact) mass is 177 g/mol. The van der Waals surface area contributed by atoms with Gasteiger partial charge in [-0.1, -0.05) is 6.58 Å². The lowest BCUT2D eigenvalue weighted by Crippen LogP contribution is -2.27. The Kier molecular flexibility index (Phi) is 2.64. The lowest BCUT2D eigenvalue weighted by molar-refractivity contribution is 0.0965. The van der Waals surface area contributed by atoms with Crippen LogP contribution in [-0.2, 0) is 0 Å². The molecule has 0 atom stereocenters. The molecule has 3 N–H and O–H groups in total. The van der Waals surface area contributed by atoms with E-state index in [9.17, 15) is 4.79 Å². The van der Waals surface area contributed by atoms with E-state index in [0.717, 1.165) is 5.56 Å². The number of nitrogens with one attached hydrogen (secondary N) is 1. The molecule has 0 saturated heterocycles. The molecule has 0 fully saturated rings. The van der Waals surface area contributed by atoms with Crippen molar-refractivity contribution in [2.45, 2.75) is 6.92 Å². The van der Waals surface area contributed by atoms with Gasteiger partial charge in [0, 0.05) is 18.0 Å². The molecule has 1 amide bonds. The second-order valence-electron chi connectivity index (χ2n) is 2.67. The van der Waals surface area contributed by atoms with Crippen molar-refractivity contribution in [2.75, 3.05) is 0 Å². The highest BCUT2D eigenvalue weighted by atomic mass is 16.1. The lowest BCUT2D eigenvalue weighted by Gasteiger charge is -2.05. The Labute approximate surface area is 76.5 Å². The van der Waals surface area contributed by atoms with Crippen molar-refractivity contribution in [1.82, 2.24) is 10.3 Å². The normalized spacial score (nSPS) is 9.31. The van der Waals surface area contributed by atoms with Crippen LogP contribution >= 0.6 is 0 Å². The number of hydrogen-bond acceptors (Lipinski definition) is 3. The van der Waals surface area contributed by atoms with Crippen molar-refractivity contribution < 1.29 is 4.79 Å². The highest BCUT2D eigenvalue weighted by Gasteiger charge is 2.07. The Balaban J connectivity index is 2.89. The van der Waals surface area contributed by atoms with Gasteiger partial charge in [-0.3, -0.25) is 9.78 Å². The summed E-state index contributed by atoms with van der Waals surface area (Å²) in [5, 5.41) is 2.42. The zero-order valence-corrected chi connectivity index (χ0v) is 7.37. The number of aromatic nitrogens is 1. The van der Waals surface area contributed by atoms with E-state index >= 15 is 0 Å². The number of amides is 1. The fraction of sp³-hybridized carbons (Fsp3) is 0.111. The Morgan fingerprint density at radius 3 is 2.92 bits per heavy atom. The van der Waals surface area contributed by atoms with Crippen molar-refractivity contribution in [3.8, 4) is 0 Å². The summed E-state index contributed by atoms with van der Waals surface area (Å²) in [6.45, 7) is 5.19. The number of nitrogens with zero attached hydrogens (tertiary/aromatic N) is 1. The molecule has 0 spiro atoms. The van der Waals surface area contributed by atoms with E-state index in [1.54, 1.807) is 25.4 Å². The van der Waals surface area contributed by atoms with E-state index in [-0.39, 0.29) is 11.7 Å². The number of carbonyl (C=O) groups is 1. The molecular formula is C9H11N3O. The van der Waals surface area contributed by atoms with Crippen LogP contribution < -0.4 is 11.1 Å². The summed E-state index contributed by atoms with van der Waals surface area (Å²) in [6, 6.07) is 1.63. The third-order valence-corrected chi connectivity index (χ3v) is 1.54. The standard InChI is InChI=1S/C9H11N3O/c1-6-5-11-4-3-8(6)9(13)12-7(2)10/h3-5H,2,10H2,1H3,(H,12,13). The van der Waals surface area contributed by atoms with Crippen molar-refractivity contribution >= 4 is 5.91 Å². The molecule has 0 saturated carbocycles. The first-order valence-corrected chi connectivity index (χ1v) is 3.77. The van der Waals surface area contributed by atoms with Crippen LogP contribution in [0.1, 0.15) is 15.9 Å². The number of nitrogens with two attached hydrogens (primary N) is 1. The molecule has 0 aliphatic rings. The van der Waals surface area contributed by atoms with E-state index in [4.69, 9.17) is 5.73 Å². The molecular weight excluding hydrogens is 166 g/mol. The molecule has 1 rings (SSSR count). The zero-order chi connectivity index (χ0) is 9.84. The molecule has 4 heteroatoms. The molecule has 0 aliphatic heterocycles. The van der Waals surface area contributed by atoms with E-state index in [0.29, 0.717) is 5.56 Å². The molecule has 13 heavy (non-hydrogen) atoms. The number of aryl methyl sites for hydroxylation is 1. The van der Waals surface area contributed by atoms with Gasteiger partial charge in [0.2, 0.25) is 0 Å². The third-order valence-electron chi connectivity index (χ3n) is 1.54. The number of pyridine rings is 1. The van der Waals surface area contributed by atoms with Crippen LogP contribution in [0.25, 0.3) is 0 Å². The van der Waals surface area contributed by atoms with Crippen LogP contribution in [0.5, 0.6) is 0 Å². The molecule has 0 aliphatic carbocycles. The summed E-state index contributed by atoms with van der Waals surface area (Å²) < 4.78 is 0. The Bertz CT molecular complexity index is 346. The summed E-state index contributed by atoms with van der Waals surface area (Å²) >= 11 is 0. The van der Waals surface area contributed by atoms with E-state index in [1.807, 2.05) is 0 Å². The van der Waals surface area contributed by atoms with E-state index < -0.39 is 0 Å². The molecule has 0 aromatic carbocycles. The van der Waals surface area contributed by atoms with Crippen LogP contribution in [0.2, 0.25) is 0 Å². The van der Waals surface area contributed by atoms with Gasteiger partial charge in [-0.2, -0.15) is 0 Å². The number of hydrogen-bond donors (Lipinski definition) is 2. The first-order valence-electron chi connectivity index (χ1n) is 3.77. The van der Waals surface area contributed by atoms with Crippen LogP contribution in [0.3, 0.4) is 0 Å². The van der Waals surface area contributed by atoms with Gasteiger partial charge in [0.05, 0.1) is 5.82 Å². The Hall–Kier alpha value is -1.84. The first-order chi connectivity index (χ1) is 6.11. The van der Waals surface area contributed by atoms with Crippen molar-refractivity contribution in [3.63, 3.8) is 0 Å². The lowest BCUT2D eigenvalue weighted by atomic mass is 10.1. The van der Waals surface area contributed by atoms with Gasteiger partial charge in [0.15, 0.2) is 0 Å². The largest absolute Gasteiger partial charge is 0.386 e. The van der Waals surface area contributed by atoms with Crippen LogP contribution in [-0.4, -0.2) is 10.9 Å². The van der Waals surface area contributed by atoms with Gasteiger partial charge < -0.3 is 11.1 Å². The smallest absolute Gasteiger partial charge is 0.257 e. The number of rotatable bonds is 2. The first kappa shape index (κ1) is 9.25. The van der Waals surface area contributed by atoms with E-state index in [1.165, 1.54) is 0 Å². The van der Waals surface area contributed by atoms with Gasteiger partial charge in [0.1, 0.15) is 0 Å². The summed E-state index contributed by atoms with van der Waals surface area (Å²) in [7, 11) is 0. The highest BCUT2D eigenvalue weighted by molar-refractivity contribution is 5.96. The number of carbonyl (C=O) groups excluding carboxylic acids is 1. The summed E-state index contributed by atoms with van der Waals surface area (Å²) in [4.78, 5) is 15.3. The van der Waals surface area contributed by atoms with Crippen molar-refractivity contribution in [2.24, 2.45) is 5.73 Å². The Morgan fingerprint density at radius 1 is 1.69 bits per heavy atom. The average Bonchev–Trinajstić information content (AvgIpc) is 2.03. The molecule has 0 bridgehead atoms. The van der Waals surface area contributed by atoms with Crippen molar-refractivity contribution in [3.05, 3.63) is 42.0 Å². The molecule has 68 valence electrons. The maximum atomic E-state index is 11.4. The van der Waals surface area contributed by atoms with E-state index in [2.05, 4.69) is 16.9 Å². The minimum absolute atomic E-state index is 0.140. The van der Waals surface area contributed by atoms with Crippen LogP contribution in [0.4, 0.5) is 0 Å². The predicted octanol–water partition coefficient (Wildman–Crippen LogP) is 0.550. The Morgan fingerprint density at radius 2 is 2.38 bits per heavy atom. The van der Waals surface area contributed by atoms with Crippen LogP contribution in [0.15, 0.2) is 30.9 Å². The second-order valence-corrected chi connectivity index (χ2v) is 2.67. The van der Waals surface area contributed by atoms with Gasteiger partial charge in [-0.15, -0.1) is 0 Å². The molecule has 1 aromatic rings. The topological polar surface area (TPSA) is 68.0 Å². The minimum Gasteiger partial charge on any atom is -0.386 e. The minimum atomic E-state index is -0.257. The highest BCUT2D eigenvalue weighted by Crippen LogP contribution is 2.04. The maximum Gasteiger partial charge on any atom is 0.257 e. The zero-order valence-electron chi connectivity index (χ0n) is 7.37. The third kappa shape index (κ3) is 2.30.